The van der Waals surface area contributed by atoms with E-state index in [4.69, 9.17) is 18.8 Å². The number of hydrogen-bond donors (Lipinski definition) is 0. The standard InChI is InChI=1S/C39H58BNO6/c1-36(2,3)45-35(43)39(28-34(42)44-30-31-18-10-8-11-19-31,23-14-15-25-40-46-37(4,5)38(6,7)47-40)24-17-27-41-26-16-22-33(29-41)32-20-12-9-13-21-32/h8-13,18-21,33H,14-17,22-30H2,1-7H3. The minimum absolute atomic E-state index is 0.00211. The molecule has 2 unspecified atom stereocenters. The van der Waals surface area contributed by atoms with E-state index in [2.05, 4.69) is 62.9 Å². The molecule has 2 aliphatic heterocycles. The first-order valence-corrected chi connectivity index (χ1v) is 17.7. The van der Waals surface area contributed by atoms with Crippen molar-refractivity contribution < 1.29 is 28.4 Å². The van der Waals surface area contributed by atoms with E-state index in [9.17, 15) is 9.59 Å². The molecule has 4 rings (SSSR count). The molecule has 2 heterocycles. The maximum atomic E-state index is 14.1. The summed E-state index contributed by atoms with van der Waals surface area (Å²) in [6, 6.07) is 20.4. The lowest BCUT2D eigenvalue weighted by atomic mass is 9.73. The van der Waals surface area contributed by atoms with Gasteiger partial charge in [-0.2, -0.15) is 0 Å². The van der Waals surface area contributed by atoms with E-state index >= 15 is 0 Å². The number of carbonyl (C=O) groups is 2. The molecule has 0 amide bonds. The minimum atomic E-state index is -0.981. The monoisotopic (exact) mass is 647 g/mol. The third-order valence-electron chi connectivity index (χ3n) is 10.1. The normalized spacial score (nSPS) is 20.8. The molecule has 2 aromatic carbocycles. The van der Waals surface area contributed by atoms with Gasteiger partial charge in [0.15, 0.2) is 0 Å². The Hall–Kier alpha value is -2.68. The van der Waals surface area contributed by atoms with Crippen molar-refractivity contribution in [3.63, 3.8) is 0 Å². The fraction of sp³-hybridized carbons (Fsp3) is 0.641. The average Bonchev–Trinajstić information content (AvgIpc) is 3.23. The van der Waals surface area contributed by atoms with Crippen LogP contribution < -0.4 is 0 Å². The van der Waals surface area contributed by atoms with Gasteiger partial charge in [-0.25, -0.2) is 0 Å². The summed E-state index contributed by atoms with van der Waals surface area (Å²) in [7, 11) is -0.288. The lowest BCUT2D eigenvalue weighted by molar-refractivity contribution is -0.174. The average molecular weight is 648 g/mol. The second kappa shape index (κ2) is 16.1. The summed E-state index contributed by atoms with van der Waals surface area (Å²) in [5, 5.41) is 0. The molecule has 2 aromatic rings. The zero-order valence-electron chi connectivity index (χ0n) is 30.0. The van der Waals surface area contributed by atoms with E-state index in [0.29, 0.717) is 18.8 Å². The summed E-state index contributed by atoms with van der Waals surface area (Å²) >= 11 is 0. The SMILES string of the molecule is CC(C)(C)OC(=O)C(CCCCB1OC(C)(C)C(C)(C)O1)(CCCN1CCCC(c2ccccc2)C1)CC(=O)OCc1ccccc1. The molecule has 2 aliphatic rings. The van der Waals surface area contributed by atoms with Crippen LogP contribution in [0.1, 0.15) is 117 Å². The molecule has 258 valence electrons. The number of piperidine rings is 1. The van der Waals surface area contributed by atoms with Gasteiger partial charge in [-0.3, -0.25) is 9.59 Å². The van der Waals surface area contributed by atoms with Crippen LogP contribution in [0.4, 0.5) is 0 Å². The smallest absolute Gasteiger partial charge is 0.457 e. The fourth-order valence-corrected chi connectivity index (χ4v) is 6.78. The quantitative estimate of drug-likeness (QED) is 0.109. The lowest BCUT2D eigenvalue weighted by Gasteiger charge is -2.36. The zero-order valence-corrected chi connectivity index (χ0v) is 30.0. The number of rotatable bonds is 15. The van der Waals surface area contributed by atoms with Crippen LogP contribution in [0.3, 0.4) is 0 Å². The number of hydrogen-bond acceptors (Lipinski definition) is 7. The van der Waals surface area contributed by atoms with Gasteiger partial charge in [-0.05, 0) is 117 Å². The molecule has 2 fully saturated rings. The number of likely N-dealkylation sites (tertiary alicyclic amines) is 1. The molecule has 7 nitrogen and oxygen atoms in total. The Kier molecular flexibility index (Phi) is 12.8. The first-order valence-electron chi connectivity index (χ1n) is 17.7. The molecule has 0 aliphatic carbocycles. The van der Waals surface area contributed by atoms with Crippen LogP contribution in [0.5, 0.6) is 0 Å². The third kappa shape index (κ3) is 10.9. The number of ether oxygens (including phenoxy) is 2. The summed E-state index contributed by atoms with van der Waals surface area (Å²) in [5.41, 5.74) is -0.101. The molecular formula is C39H58BNO6. The summed E-state index contributed by atoms with van der Waals surface area (Å²) in [6.45, 7) is 17.0. The second-order valence-electron chi connectivity index (χ2n) is 15.7. The van der Waals surface area contributed by atoms with E-state index in [1.807, 2.05) is 51.1 Å². The third-order valence-corrected chi connectivity index (χ3v) is 10.1. The van der Waals surface area contributed by atoms with Crippen LogP contribution in [-0.4, -0.2) is 60.4 Å². The van der Waals surface area contributed by atoms with Gasteiger partial charge in [0, 0.05) is 6.54 Å². The molecule has 0 radical (unpaired) electrons. The molecule has 2 atom stereocenters. The van der Waals surface area contributed by atoms with Crippen LogP contribution in [0.2, 0.25) is 6.32 Å². The Morgan fingerprint density at radius 2 is 1.51 bits per heavy atom. The van der Waals surface area contributed by atoms with Crippen molar-refractivity contribution in [3.8, 4) is 0 Å². The number of unbranched alkanes of at least 4 members (excludes halogenated alkanes) is 1. The minimum Gasteiger partial charge on any atom is -0.461 e. The highest BCUT2D eigenvalue weighted by Crippen LogP contribution is 2.41. The van der Waals surface area contributed by atoms with Crippen molar-refractivity contribution in [2.75, 3.05) is 19.6 Å². The predicted octanol–water partition coefficient (Wildman–Crippen LogP) is 8.37. The molecular weight excluding hydrogens is 589 g/mol. The first-order chi connectivity index (χ1) is 22.2. The zero-order chi connectivity index (χ0) is 34.1. The van der Waals surface area contributed by atoms with Crippen molar-refractivity contribution in [2.45, 2.75) is 135 Å². The highest BCUT2D eigenvalue weighted by Gasteiger charge is 2.50. The highest BCUT2D eigenvalue weighted by atomic mass is 16.7. The van der Waals surface area contributed by atoms with Gasteiger partial charge >= 0.3 is 19.1 Å². The van der Waals surface area contributed by atoms with Crippen LogP contribution in [0, 0.1) is 5.41 Å². The van der Waals surface area contributed by atoms with E-state index < -0.39 is 11.0 Å². The Morgan fingerprint density at radius 3 is 2.15 bits per heavy atom. The maximum Gasteiger partial charge on any atom is 0.457 e. The van der Waals surface area contributed by atoms with Gasteiger partial charge in [-0.1, -0.05) is 73.5 Å². The van der Waals surface area contributed by atoms with Gasteiger partial charge in [0.05, 0.1) is 23.0 Å². The van der Waals surface area contributed by atoms with Gasteiger partial charge < -0.3 is 23.7 Å². The van der Waals surface area contributed by atoms with Gasteiger partial charge in [0.2, 0.25) is 0 Å². The molecule has 0 aromatic heterocycles. The molecule has 0 saturated carbocycles. The second-order valence-corrected chi connectivity index (χ2v) is 15.7. The van der Waals surface area contributed by atoms with Gasteiger partial charge in [0.25, 0.3) is 0 Å². The maximum absolute atomic E-state index is 14.1. The molecule has 8 heteroatoms. The molecule has 0 spiro atoms. The van der Waals surface area contributed by atoms with E-state index in [0.717, 1.165) is 57.2 Å². The summed E-state index contributed by atoms with van der Waals surface area (Å²) in [6.07, 6.45) is 6.52. The topological polar surface area (TPSA) is 74.3 Å². The number of nitrogens with zero attached hydrogens (tertiary/aromatic N) is 1. The molecule has 0 bridgehead atoms. The van der Waals surface area contributed by atoms with E-state index in [1.165, 1.54) is 12.0 Å². The van der Waals surface area contributed by atoms with Crippen molar-refractivity contribution in [1.82, 2.24) is 4.90 Å². The predicted molar refractivity (Wildman–Crippen MR) is 188 cm³/mol. The van der Waals surface area contributed by atoms with Crippen LogP contribution in [0.25, 0.3) is 0 Å². The number of benzene rings is 2. The first kappa shape index (κ1) is 37.1. The van der Waals surface area contributed by atoms with Crippen molar-refractivity contribution in [2.24, 2.45) is 5.41 Å². The Morgan fingerprint density at radius 1 is 0.894 bits per heavy atom. The lowest BCUT2D eigenvalue weighted by Crippen LogP contribution is -2.41. The van der Waals surface area contributed by atoms with Gasteiger partial charge in [-0.15, -0.1) is 0 Å². The van der Waals surface area contributed by atoms with E-state index in [1.54, 1.807) is 0 Å². The van der Waals surface area contributed by atoms with Crippen molar-refractivity contribution in [1.29, 1.82) is 0 Å². The summed E-state index contributed by atoms with van der Waals surface area (Å²) in [4.78, 5) is 30.1. The highest BCUT2D eigenvalue weighted by molar-refractivity contribution is 6.45. The number of esters is 2. The van der Waals surface area contributed by atoms with Crippen LogP contribution in [0.15, 0.2) is 60.7 Å². The Labute approximate surface area is 284 Å². The molecule has 2 saturated heterocycles. The van der Waals surface area contributed by atoms with E-state index in [-0.39, 0.29) is 43.3 Å². The summed E-state index contributed by atoms with van der Waals surface area (Å²) < 4.78 is 24.3. The molecule has 0 N–H and O–H groups in total. The van der Waals surface area contributed by atoms with Crippen LogP contribution in [-0.2, 0) is 35.0 Å². The number of carbonyl (C=O) groups excluding carboxylic acids is 2. The molecule has 47 heavy (non-hydrogen) atoms. The van der Waals surface area contributed by atoms with Crippen molar-refractivity contribution >= 4 is 19.1 Å². The van der Waals surface area contributed by atoms with Crippen LogP contribution >= 0.6 is 0 Å². The van der Waals surface area contributed by atoms with Gasteiger partial charge in [0.1, 0.15) is 12.2 Å². The fourth-order valence-electron chi connectivity index (χ4n) is 6.78. The Bertz CT molecular complexity index is 1260. The Balaban J connectivity index is 1.46. The summed E-state index contributed by atoms with van der Waals surface area (Å²) in [5.74, 6) is -0.158. The van der Waals surface area contributed by atoms with Crippen molar-refractivity contribution in [3.05, 3.63) is 71.8 Å². The largest absolute Gasteiger partial charge is 0.461 e.